The number of hydrogen-bond acceptors (Lipinski definition) is 3. The summed E-state index contributed by atoms with van der Waals surface area (Å²) < 4.78 is 11.6. The quantitative estimate of drug-likeness (QED) is 0.888. The Kier molecular flexibility index (Phi) is 2.97. The fraction of sp³-hybridized carbons (Fsp3) is 0.625. The van der Waals surface area contributed by atoms with Gasteiger partial charge in [0.05, 0.1) is 0 Å². The van der Waals surface area contributed by atoms with Gasteiger partial charge in [-0.25, -0.2) is 0 Å². The highest BCUT2D eigenvalue weighted by atomic mass is 16.7. The number of ether oxygens (including phenoxy) is 2. The third kappa shape index (κ3) is 2.20. The van der Waals surface area contributed by atoms with E-state index in [1.165, 1.54) is 37.7 Å². The molecule has 2 aliphatic rings. The second-order valence-electron chi connectivity index (χ2n) is 6.31. The van der Waals surface area contributed by atoms with Gasteiger partial charge in [0.1, 0.15) is 0 Å². The first-order chi connectivity index (χ1) is 9.05. The van der Waals surface area contributed by atoms with Crippen LogP contribution in [0.3, 0.4) is 0 Å². The van der Waals surface area contributed by atoms with Gasteiger partial charge < -0.3 is 15.2 Å². The second kappa shape index (κ2) is 4.41. The van der Waals surface area contributed by atoms with Gasteiger partial charge in [0.25, 0.3) is 0 Å². The van der Waals surface area contributed by atoms with Crippen LogP contribution < -0.4 is 15.2 Å². The van der Waals surface area contributed by atoms with Crippen molar-refractivity contribution in [1.29, 1.82) is 0 Å². The van der Waals surface area contributed by atoms with Gasteiger partial charge in [-0.3, -0.25) is 0 Å². The summed E-state index contributed by atoms with van der Waals surface area (Å²) in [5.41, 5.74) is 7.55. The Morgan fingerprint density at radius 1 is 1.05 bits per heavy atom. The highest BCUT2D eigenvalue weighted by Gasteiger charge is 2.36. The van der Waals surface area contributed by atoms with Crippen LogP contribution in [0.2, 0.25) is 0 Å². The molecule has 3 nitrogen and oxygen atoms in total. The smallest absolute Gasteiger partial charge is 0.246 e. The van der Waals surface area contributed by atoms with Crippen molar-refractivity contribution in [2.45, 2.75) is 57.2 Å². The van der Waals surface area contributed by atoms with Crippen LogP contribution in [0.4, 0.5) is 0 Å². The summed E-state index contributed by atoms with van der Waals surface area (Å²) in [5.74, 6) is 1.15. The molecular weight excluding hydrogens is 238 g/mol. The van der Waals surface area contributed by atoms with Crippen LogP contribution in [0, 0.1) is 0 Å². The van der Waals surface area contributed by atoms with Crippen molar-refractivity contribution >= 4 is 0 Å². The van der Waals surface area contributed by atoms with Gasteiger partial charge in [0, 0.05) is 25.8 Å². The Morgan fingerprint density at radius 2 is 1.74 bits per heavy atom. The maximum absolute atomic E-state index is 6.10. The van der Waals surface area contributed by atoms with Crippen molar-refractivity contribution < 1.29 is 9.47 Å². The van der Waals surface area contributed by atoms with Crippen molar-refractivity contribution in [3.05, 3.63) is 23.8 Å². The largest absolute Gasteiger partial charge is 0.449 e. The Labute approximate surface area is 115 Å². The lowest BCUT2D eigenvalue weighted by atomic mass is 9.69. The van der Waals surface area contributed by atoms with Crippen LogP contribution >= 0.6 is 0 Å². The molecule has 1 aliphatic heterocycles. The molecule has 1 fully saturated rings. The van der Waals surface area contributed by atoms with Gasteiger partial charge in [-0.1, -0.05) is 25.3 Å². The van der Waals surface area contributed by atoms with E-state index in [0.29, 0.717) is 0 Å². The van der Waals surface area contributed by atoms with Crippen LogP contribution in [0.15, 0.2) is 18.2 Å². The van der Waals surface area contributed by atoms with Crippen LogP contribution in [-0.2, 0) is 5.41 Å². The summed E-state index contributed by atoms with van der Waals surface area (Å²) in [4.78, 5) is 0. The van der Waals surface area contributed by atoms with Crippen molar-refractivity contribution in [2.75, 3.05) is 6.54 Å². The van der Waals surface area contributed by atoms with Gasteiger partial charge >= 0.3 is 0 Å². The van der Waals surface area contributed by atoms with E-state index in [2.05, 4.69) is 12.1 Å². The lowest BCUT2D eigenvalue weighted by molar-refractivity contribution is -0.0431. The Bertz CT molecular complexity index is 476. The Hall–Kier alpha value is -1.22. The number of rotatable bonds is 2. The number of nitrogens with two attached hydrogens (primary N) is 1. The first-order valence-corrected chi connectivity index (χ1v) is 7.27. The minimum absolute atomic E-state index is 0.142. The third-order valence-electron chi connectivity index (χ3n) is 4.47. The van der Waals surface area contributed by atoms with E-state index in [0.717, 1.165) is 18.0 Å². The maximum Gasteiger partial charge on any atom is 0.246 e. The predicted molar refractivity (Wildman–Crippen MR) is 75.6 cm³/mol. The average molecular weight is 261 g/mol. The minimum Gasteiger partial charge on any atom is -0.449 e. The van der Waals surface area contributed by atoms with Crippen molar-refractivity contribution in [3.63, 3.8) is 0 Å². The zero-order valence-corrected chi connectivity index (χ0v) is 11.9. The normalized spacial score (nSPS) is 23.3. The lowest BCUT2D eigenvalue weighted by Crippen LogP contribution is -2.37. The molecule has 1 saturated carbocycles. The zero-order chi connectivity index (χ0) is 13.5. The molecule has 1 aliphatic carbocycles. The topological polar surface area (TPSA) is 44.5 Å². The molecule has 1 heterocycles. The lowest BCUT2D eigenvalue weighted by Gasteiger charge is -2.36. The van der Waals surface area contributed by atoms with Gasteiger partial charge in [-0.15, -0.1) is 0 Å². The second-order valence-corrected chi connectivity index (χ2v) is 6.31. The van der Waals surface area contributed by atoms with Crippen LogP contribution in [0.25, 0.3) is 0 Å². The van der Waals surface area contributed by atoms with Gasteiger partial charge in [0.2, 0.25) is 5.79 Å². The van der Waals surface area contributed by atoms with E-state index in [1.807, 2.05) is 19.9 Å². The monoisotopic (exact) mass is 261 g/mol. The summed E-state index contributed by atoms with van der Waals surface area (Å²) in [6, 6.07) is 6.34. The molecule has 0 radical (unpaired) electrons. The summed E-state index contributed by atoms with van der Waals surface area (Å²) in [6.07, 6.45) is 6.26. The van der Waals surface area contributed by atoms with E-state index >= 15 is 0 Å². The number of hydrogen-bond donors (Lipinski definition) is 1. The average Bonchev–Trinajstić information content (AvgIpc) is 2.72. The van der Waals surface area contributed by atoms with Crippen LogP contribution in [0.1, 0.15) is 51.5 Å². The highest BCUT2D eigenvalue weighted by Crippen LogP contribution is 2.45. The van der Waals surface area contributed by atoms with E-state index in [1.54, 1.807) is 0 Å². The summed E-state index contributed by atoms with van der Waals surface area (Å²) >= 11 is 0. The summed E-state index contributed by atoms with van der Waals surface area (Å²) in [6.45, 7) is 4.59. The fourth-order valence-corrected chi connectivity index (χ4v) is 3.39. The molecule has 0 bridgehead atoms. The van der Waals surface area contributed by atoms with Crippen molar-refractivity contribution in [1.82, 2.24) is 0 Å². The van der Waals surface area contributed by atoms with E-state index in [4.69, 9.17) is 15.2 Å². The van der Waals surface area contributed by atoms with Gasteiger partial charge in [-0.2, -0.15) is 0 Å². The molecule has 1 aromatic rings. The standard InChI is InChI=1S/C16H23NO2/c1-15(2)18-13-7-6-12(10-14(13)19-15)16(11-17)8-4-3-5-9-16/h6-7,10H,3-5,8-9,11,17H2,1-2H3. The summed E-state index contributed by atoms with van der Waals surface area (Å²) in [7, 11) is 0. The minimum atomic E-state index is -0.552. The van der Waals surface area contributed by atoms with E-state index < -0.39 is 5.79 Å². The van der Waals surface area contributed by atoms with Crippen LogP contribution in [0.5, 0.6) is 11.5 Å². The first kappa shape index (κ1) is 12.8. The fourth-order valence-electron chi connectivity index (χ4n) is 3.39. The Balaban J connectivity index is 1.94. The molecule has 0 spiro atoms. The highest BCUT2D eigenvalue weighted by molar-refractivity contribution is 5.48. The molecule has 0 saturated heterocycles. The first-order valence-electron chi connectivity index (χ1n) is 7.27. The molecule has 2 N–H and O–H groups in total. The molecule has 0 unspecified atom stereocenters. The molecule has 3 heteroatoms. The molecule has 104 valence electrons. The molecule has 0 atom stereocenters. The van der Waals surface area contributed by atoms with Crippen LogP contribution in [-0.4, -0.2) is 12.3 Å². The Morgan fingerprint density at radius 3 is 2.42 bits per heavy atom. The molecule has 19 heavy (non-hydrogen) atoms. The molecule has 1 aromatic carbocycles. The SMILES string of the molecule is CC1(C)Oc2ccc(C3(CN)CCCCC3)cc2O1. The number of fused-ring (bicyclic) bond motifs is 1. The zero-order valence-electron chi connectivity index (χ0n) is 11.9. The molecule has 3 rings (SSSR count). The number of benzene rings is 1. The summed E-state index contributed by atoms with van der Waals surface area (Å²) in [5, 5.41) is 0. The predicted octanol–water partition coefficient (Wildman–Crippen LogP) is 3.35. The van der Waals surface area contributed by atoms with E-state index in [9.17, 15) is 0 Å². The van der Waals surface area contributed by atoms with Crippen molar-refractivity contribution in [2.24, 2.45) is 5.73 Å². The van der Waals surface area contributed by atoms with Crippen molar-refractivity contribution in [3.8, 4) is 11.5 Å². The maximum atomic E-state index is 6.10. The van der Waals surface area contributed by atoms with Gasteiger partial charge in [0.15, 0.2) is 11.5 Å². The van der Waals surface area contributed by atoms with Gasteiger partial charge in [-0.05, 0) is 30.5 Å². The third-order valence-corrected chi connectivity index (χ3v) is 4.47. The molecular formula is C16H23NO2. The molecule has 0 amide bonds. The van der Waals surface area contributed by atoms with E-state index in [-0.39, 0.29) is 5.41 Å². The molecule has 0 aromatic heterocycles.